The molecule has 0 aromatic heterocycles. The molecule has 0 radical (unpaired) electrons. The molecule has 0 aliphatic rings. The molecule has 4 aromatic carbocycles. The minimum Gasteiger partial charge on any atom is -0.496 e. The minimum atomic E-state index is -0.307. The Balaban J connectivity index is 1.61. The van der Waals surface area contributed by atoms with Crippen LogP contribution in [-0.2, 0) is 22.4 Å². The number of rotatable bonds is 9. The van der Waals surface area contributed by atoms with Gasteiger partial charge in [-0.1, -0.05) is 66.7 Å². The van der Waals surface area contributed by atoms with Crippen molar-refractivity contribution >= 4 is 11.8 Å². The molecule has 0 atom stereocenters. The molecule has 0 saturated carbocycles. The molecule has 4 aromatic rings. The van der Waals surface area contributed by atoms with E-state index in [4.69, 9.17) is 14.2 Å². The van der Waals surface area contributed by atoms with Gasteiger partial charge in [-0.15, -0.1) is 0 Å². The van der Waals surface area contributed by atoms with Crippen molar-refractivity contribution in [3.63, 3.8) is 0 Å². The smallest absolute Gasteiger partial charge is 0.309 e. The van der Waals surface area contributed by atoms with E-state index in [2.05, 4.69) is 0 Å². The molecule has 182 valence electrons. The van der Waals surface area contributed by atoms with Crippen LogP contribution < -0.4 is 9.47 Å². The lowest BCUT2D eigenvalue weighted by Gasteiger charge is -2.13. The van der Waals surface area contributed by atoms with Crippen molar-refractivity contribution in [2.24, 2.45) is 0 Å². The summed E-state index contributed by atoms with van der Waals surface area (Å²) in [6.45, 7) is 0. The third-order valence-electron chi connectivity index (χ3n) is 6.05. The second kappa shape index (κ2) is 11.4. The molecule has 0 aliphatic carbocycles. The average molecular weight is 481 g/mol. The van der Waals surface area contributed by atoms with E-state index < -0.39 is 0 Å². The number of carbonyl (C=O) groups excluding carboxylic acids is 2. The number of benzene rings is 4. The first kappa shape index (κ1) is 24.7. The fourth-order valence-electron chi connectivity index (χ4n) is 4.21. The van der Waals surface area contributed by atoms with Crippen molar-refractivity contribution in [3.05, 3.63) is 108 Å². The van der Waals surface area contributed by atoms with Gasteiger partial charge in [-0.3, -0.25) is 9.59 Å². The molecule has 0 unspecified atom stereocenters. The Labute approximate surface area is 211 Å². The van der Waals surface area contributed by atoms with Crippen LogP contribution in [0.1, 0.15) is 21.5 Å². The number of Topliss-reactive ketones (excluding diaryl/α,β-unsaturated/α-hetero) is 1. The van der Waals surface area contributed by atoms with Crippen molar-refractivity contribution in [2.45, 2.75) is 12.8 Å². The van der Waals surface area contributed by atoms with E-state index in [0.29, 0.717) is 11.3 Å². The Hall–Kier alpha value is -4.38. The minimum absolute atomic E-state index is 0.00166. The summed E-state index contributed by atoms with van der Waals surface area (Å²) in [5, 5.41) is 0. The van der Waals surface area contributed by atoms with Gasteiger partial charge < -0.3 is 14.2 Å². The van der Waals surface area contributed by atoms with Gasteiger partial charge in [0.25, 0.3) is 0 Å². The monoisotopic (exact) mass is 480 g/mol. The number of para-hydroxylation sites is 1. The van der Waals surface area contributed by atoms with Gasteiger partial charge in [0.05, 0.1) is 27.8 Å². The standard InChI is InChI=1S/C31H28O5/c1-34-29-13-5-4-12-26(29)23-10-6-8-21(16-23)18-28(32)25-14-15-30(35-2)27(20-25)24-11-7-9-22(17-24)19-31(33)36-3/h4-17,20H,18-19H2,1-3H3. The quantitative estimate of drug-likeness (QED) is 0.212. The van der Waals surface area contributed by atoms with E-state index >= 15 is 0 Å². The largest absolute Gasteiger partial charge is 0.496 e. The Morgan fingerprint density at radius 3 is 1.89 bits per heavy atom. The summed E-state index contributed by atoms with van der Waals surface area (Å²) >= 11 is 0. The molecular formula is C31H28O5. The lowest BCUT2D eigenvalue weighted by molar-refractivity contribution is -0.139. The van der Waals surface area contributed by atoms with Crippen LogP contribution in [0.4, 0.5) is 0 Å². The lowest BCUT2D eigenvalue weighted by Crippen LogP contribution is -2.05. The Kier molecular flexibility index (Phi) is 7.81. The van der Waals surface area contributed by atoms with E-state index in [1.165, 1.54) is 7.11 Å². The van der Waals surface area contributed by atoms with Crippen LogP contribution in [0.15, 0.2) is 91.0 Å². The Morgan fingerprint density at radius 2 is 1.22 bits per heavy atom. The van der Waals surface area contributed by atoms with Crippen LogP contribution in [0.2, 0.25) is 0 Å². The zero-order chi connectivity index (χ0) is 25.5. The fourth-order valence-corrected chi connectivity index (χ4v) is 4.21. The Morgan fingerprint density at radius 1 is 0.611 bits per heavy atom. The van der Waals surface area contributed by atoms with Crippen LogP contribution in [0.3, 0.4) is 0 Å². The number of methoxy groups -OCH3 is 3. The zero-order valence-electron chi connectivity index (χ0n) is 20.6. The van der Waals surface area contributed by atoms with Crippen LogP contribution in [0.5, 0.6) is 11.5 Å². The SMILES string of the molecule is COC(=O)Cc1cccc(-c2cc(C(=O)Cc3cccc(-c4ccccc4OC)c3)ccc2OC)c1. The highest BCUT2D eigenvalue weighted by Gasteiger charge is 2.14. The second-order valence-corrected chi connectivity index (χ2v) is 8.37. The van der Waals surface area contributed by atoms with Gasteiger partial charge in [-0.05, 0) is 46.5 Å². The number of ketones is 1. The van der Waals surface area contributed by atoms with E-state index in [1.54, 1.807) is 26.4 Å². The van der Waals surface area contributed by atoms with E-state index in [-0.39, 0.29) is 24.6 Å². The van der Waals surface area contributed by atoms with Crippen LogP contribution >= 0.6 is 0 Å². The second-order valence-electron chi connectivity index (χ2n) is 8.37. The molecule has 4 rings (SSSR count). The molecule has 36 heavy (non-hydrogen) atoms. The first-order valence-electron chi connectivity index (χ1n) is 11.6. The first-order chi connectivity index (χ1) is 17.5. The predicted octanol–water partition coefficient (Wildman–Crippen LogP) is 6.18. The molecule has 0 heterocycles. The first-order valence-corrected chi connectivity index (χ1v) is 11.6. The highest BCUT2D eigenvalue weighted by Crippen LogP contribution is 2.33. The van der Waals surface area contributed by atoms with Crippen LogP contribution in [0.25, 0.3) is 22.3 Å². The molecule has 0 amide bonds. The van der Waals surface area contributed by atoms with Gasteiger partial charge in [0.1, 0.15) is 11.5 Å². The van der Waals surface area contributed by atoms with Gasteiger partial charge >= 0.3 is 5.97 Å². The summed E-state index contributed by atoms with van der Waals surface area (Å²) in [5.41, 5.74) is 5.96. The number of hydrogen-bond donors (Lipinski definition) is 0. The van der Waals surface area contributed by atoms with E-state index in [9.17, 15) is 9.59 Å². The average Bonchev–Trinajstić information content (AvgIpc) is 2.92. The third kappa shape index (κ3) is 5.63. The van der Waals surface area contributed by atoms with Crippen LogP contribution in [-0.4, -0.2) is 33.1 Å². The van der Waals surface area contributed by atoms with Gasteiger partial charge in [0.2, 0.25) is 0 Å². The van der Waals surface area contributed by atoms with Crippen LogP contribution in [0, 0.1) is 0 Å². The van der Waals surface area contributed by atoms with Gasteiger partial charge in [-0.2, -0.15) is 0 Å². The summed E-state index contributed by atoms with van der Waals surface area (Å²) in [4.78, 5) is 25.0. The van der Waals surface area contributed by atoms with Crippen molar-refractivity contribution in [1.82, 2.24) is 0 Å². The summed E-state index contributed by atoms with van der Waals surface area (Å²) < 4.78 is 15.9. The summed E-state index contributed by atoms with van der Waals surface area (Å²) in [7, 11) is 4.62. The van der Waals surface area contributed by atoms with Crippen molar-refractivity contribution < 1.29 is 23.8 Å². The fraction of sp³-hybridized carbons (Fsp3) is 0.161. The molecule has 0 saturated heterocycles. The number of esters is 1. The molecular weight excluding hydrogens is 452 g/mol. The van der Waals surface area contributed by atoms with Gasteiger partial charge in [0.15, 0.2) is 5.78 Å². The number of hydrogen-bond acceptors (Lipinski definition) is 5. The summed E-state index contributed by atoms with van der Waals surface area (Å²) in [5.74, 6) is 1.13. The van der Waals surface area contributed by atoms with Crippen molar-refractivity contribution in [1.29, 1.82) is 0 Å². The van der Waals surface area contributed by atoms with Gasteiger partial charge in [-0.25, -0.2) is 0 Å². The maximum absolute atomic E-state index is 13.3. The predicted molar refractivity (Wildman–Crippen MR) is 141 cm³/mol. The molecule has 0 spiro atoms. The third-order valence-corrected chi connectivity index (χ3v) is 6.05. The van der Waals surface area contributed by atoms with E-state index in [1.807, 2.05) is 78.9 Å². The maximum atomic E-state index is 13.3. The van der Waals surface area contributed by atoms with Crippen molar-refractivity contribution in [3.8, 4) is 33.8 Å². The van der Waals surface area contributed by atoms with Gasteiger partial charge in [0, 0.05) is 23.1 Å². The molecule has 0 aliphatic heterocycles. The highest BCUT2D eigenvalue weighted by atomic mass is 16.5. The lowest BCUT2D eigenvalue weighted by atomic mass is 9.95. The molecule has 0 N–H and O–H groups in total. The molecule has 5 nitrogen and oxygen atoms in total. The summed E-state index contributed by atoms with van der Waals surface area (Å²) in [6, 6.07) is 28.8. The van der Waals surface area contributed by atoms with E-state index in [0.717, 1.165) is 39.1 Å². The van der Waals surface area contributed by atoms with Crippen molar-refractivity contribution in [2.75, 3.05) is 21.3 Å². The topological polar surface area (TPSA) is 61.8 Å². The number of ether oxygens (including phenoxy) is 3. The maximum Gasteiger partial charge on any atom is 0.309 e. The molecule has 0 fully saturated rings. The summed E-state index contributed by atoms with van der Waals surface area (Å²) in [6.07, 6.45) is 0.435. The zero-order valence-corrected chi connectivity index (χ0v) is 20.6. The highest BCUT2D eigenvalue weighted by molar-refractivity contribution is 5.99. The molecule has 0 bridgehead atoms. The normalized spacial score (nSPS) is 10.5. The Bertz CT molecular complexity index is 1390. The number of carbonyl (C=O) groups is 2. The molecule has 5 heteroatoms.